The van der Waals surface area contributed by atoms with Crippen molar-refractivity contribution in [2.24, 2.45) is 11.8 Å². The van der Waals surface area contributed by atoms with Crippen LogP contribution >= 0.6 is 0 Å². The number of hydrogen-bond acceptors (Lipinski definition) is 9. The van der Waals surface area contributed by atoms with Crippen LogP contribution in [0, 0.1) is 11.8 Å². The zero-order chi connectivity index (χ0) is 40.5. The van der Waals surface area contributed by atoms with E-state index in [9.17, 15) is 41.8 Å². The maximum Gasteiger partial charge on any atom is 0.419 e. The van der Waals surface area contributed by atoms with E-state index >= 15 is 0 Å². The van der Waals surface area contributed by atoms with Crippen LogP contribution in [0.15, 0.2) is 24.3 Å². The Hall–Kier alpha value is -2.13. The van der Waals surface area contributed by atoms with Gasteiger partial charge in [-0.3, -0.25) is 0 Å². The molecule has 0 aromatic heterocycles. The summed E-state index contributed by atoms with van der Waals surface area (Å²) in [6.45, 7) is 22.4. The summed E-state index contributed by atoms with van der Waals surface area (Å²) in [7, 11) is 0. The van der Waals surface area contributed by atoms with Crippen LogP contribution in [0.3, 0.4) is 0 Å². The standard InChI is InChI=1S/C19H31F3O4.C19H30F2O5/c1-12(2)15(23)25-14-10-8-13(9-11-14)16(3,4)26-17(5,6)18(7,24)19(20,21)22;1-12(2)15(22)25-14-9-7-13(8-10-14)16(3,4)26-17(5)11-24-18(6,23)19(17,20)21/h13-14,24H,1,8-11H2,2-7H3;13-14,23H,1,7-11H2,2-6H3. The minimum Gasteiger partial charge on any atom is -0.459 e. The molecular formula is C38H61F5O9. The SMILES string of the molecule is C=C(C)C(=O)OC1CCC(C(C)(C)OC(C)(C)C(C)(O)C(F)(F)F)CC1.C=C(C)C(=O)OC1CCC(C(C)(C)OC2(C)COC(C)(O)C2(F)F)CC1. The highest BCUT2D eigenvalue weighted by Crippen LogP contribution is 2.51. The lowest BCUT2D eigenvalue weighted by molar-refractivity contribution is -0.331. The second-order valence-electron chi connectivity index (χ2n) is 16.9. The van der Waals surface area contributed by atoms with Gasteiger partial charge in [-0.25, -0.2) is 9.59 Å². The summed E-state index contributed by atoms with van der Waals surface area (Å²) >= 11 is 0. The fourth-order valence-electron chi connectivity index (χ4n) is 7.14. The molecule has 2 saturated carbocycles. The van der Waals surface area contributed by atoms with E-state index in [2.05, 4.69) is 13.2 Å². The first-order valence-corrected chi connectivity index (χ1v) is 17.9. The molecule has 0 radical (unpaired) electrons. The third kappa shape index (κ3) is 10.3. The molecule has 0 spiro atoms. The molecule has 2 aliphatic carbocycles. The van der Waals surface area contributed by atoms with Crippen LogP contribution in [-0.4, -0.2) is 86.9 Å². The predicted octanol–water partition coefficient (Wildman–Crippen LogP) is 8.14. The normalized spacial score (nSPS) is 31.0. The molecule has 3 fully saturated rings. The molecular weight excluding hydrogens is 695 g/mol. The molecule has 3 atom stereocenters. The molecule has 14 heteroatoms. The monoisotopic (exact) mass is 756 g/mol. The molecule has 0 amide bonds. The molecule has 1 aliphatic heterocycles. The number of esters is 2. The fourth-order valence-corrected chi connectivity index (χ4v) is 7.14. The Kier molecular flexibility index (Phi) is 14.1. The van der Waals surface area contributed by atoms with Gasteiger partial charge in [0, 0.05) is 11.1 Å². The van der Waals surface area contributed by atoms with E-state index in [1.807, 2.05) is 0 Å². The molecule has 3 rings (SSSR count). The van der Waals surface area contributed by atoms with Gasteiger partial charge in [0.1, 0.15) is 17.8 Å². The summed E-state index contributed by atoms with van der Waals surface area (Å²) in [5, 5.41) is 19.8. The molecule has 3 unspecified atom stereocenters. The molecule has 9 nitrogen and oxygen atoms in total. The van der Waals surface area contributed by atoms with Gasteiger partial charge >= 0.3 is 24.0 Å². The lowest BCUT2D eigenvalue weighted by atomic mass is 9.76. The van der Waals surface area contributed by atoms with Crippen LogP contribution < -0.4 is 0 Å². The Labute approximate surface area is 305 Å². The molecule has 0 aromatic rings. The van der Waals surface area contributed by atoms with Gasteiger partial charge in [0.15, 0.2) is 11.2 Å². The van der Waals surface area contributed by atoms with Crippen LogP contribution in [-0.2, 0) is 33.3 Å². The Morgan fingerprint density at radius 2 is 1.10 bits per heavy atom. The van der Waals surface area contributed by atoms with Crippen molar-refractivity contribution in [1.29, 1.82) is 0 Å². The number of alkyl halides is 5. The smallest absolute Gasteiger partial charge is 0.419 e. The number of carbonyl (C=O) groups excluding carboxylic acids is 2. The number of ether oxygens (including phenoxy) is 5. The largest absolute Gasteiger partial charge is 0.459 e. The van der Waals surface area contributed by atoms with Gasteiger partial charge in [-0.05, 0) is 139 Å². The predicted molar refractivity (Wildman–Crippen MR) is 184 cm³/mol. The number of hydrogen-bond donors (Lipinski definition) is 2. The van der Waals surface area contributed by atoms with Crippen molar-refractivity contribution in [3.63, 3.8) is 0 Å². The lowest BCUT2D eigenvalue weighted by Crippen LogP contribution is -2.62. The first kappa shape index (κ1) is 46.0. The van der Waals surface area contributed by atoms with Gasteiger partial charge in [0.2, 0.25) is 5.79 Å². The lowest BCUT2D eigenvalue weighted by Gasteiger charge is -2.48. The van der Waals surface area contributed by atoms with Crippen molar-refractivity contribution in [3.8, 4) is 0 Å². The molecule has 52 heavy (non-hydrogen) atoms. The van der Waals surface area contributed by atoms with Crippen LogP contribution in [0.1, 0.15) is 128 Å². The van der Waals surface area contributed by atoms with E-state index in [1.165, 1.54) is 20.8 Å². The van der Waals surface area contributed by atoms with Crippen molar-refractivity contribution in [1.82, 2.24) is 0 Å². The molecule has 3 aliphatic rings. The topological polar surface area (TPSA) is 121 Å². The Balaban J connectivity index is 0.000000360. The van der Waals surface area contributed by atoms with Crippen molar-refractivity contribution >= 4 is 11.9 Å². The fraction of sp³-hybridized carbons (Fsp3) is 0.842. The summed E-state index contributed by atoms with van der Waals surface area (Å²) in [6, 6.07) is 0. The maximum absolute atomic E-state index is 14.6. The van der Waals surface area contributed by atoms with E-state index < -0.39 is 57.8 Å². The average Bonchev–Trinajstić information content (AvgIpc) is 3.14. The summed E-state index contributed by atoms with van der Waals surface area (Å²) in [5.41, 5.74) is -7.73. The highest BCUT2D eigenvalue weighted by Gasteiger charge is 2.70. The van der Waals surface area contributed by atoms with Gasteiger partial charge in [-0.15, -0.1) is 0 Å². The average molecular weight is 757 g/mol. The van der Waals surface area contributed by atoms with Gasteiger partial charge in [0.25, 0.3) is 0 Å². The second-order valence-corrected chi connectivity index (χ2v) is 16.9. The summed E-state index contributed by atoms with van der Waals surface area (Å²) in [5.74, 6) is -6.89. The van der Waals surface area contributed by atoms with E-state index in [1.54, 1.807) is 41.5 Å². The number of carbonyl (C=O) groups is 2. The second kappa shape index (κ2) is 15.9. The molecule has 0 bridgehead atoms. The number of aliphatic hydroxyl groups is 2. The highest BCUT2D eigenvalue weighted by atomic mass is 19.4. The van der Waals surface area contributed by atoms with Crippen LogP contribution in [0.5, 0.6) is 0 Å². The molecule has 302 valence electrons. The summed E-state index contributed by atoms with van der Waals surface area (Å²) in [6.07, 6.45) is 0.0448. The number of halogens is 5. The van der Waals surface area contributed by atoms with Gasteiger partial charge < -0.3 is 33.9 Å². The third-order valence-electron chi connectivity index (χ3n) is 11.2. The zero-order valence-electron chi connectivity index (χ0n) is 32.7. The van der Waals surface area contributed by atoms with Gasteiger partial charge in [0.05, 0.1) is 17.8 Å². The Morgan fingerprint density at radius 1 is 0.731 bits per heavy atom. The van der Waals surface area contributed by atoms with Crippen LogP contribution in [0.4, 0.5) is 22.0 Å². The quantitative estimate of drug-likeness (QED) is 0.122. The molecule has 2 N–H and O–H groups in total. The minimum atomic E-state index is -4.80. The van der Waals surface area contributed by atoms with Crippen molar-refractivity contribution in [2.75, 3.05) is 6.61 Å². The maximum atomic E-state index is 14.6. The Morgan fingerprint density at radius 3 is 1.40 bits per heavy atom. The Bertz CT molecular complexity index is 1290. The van der Waals surface area contributed by atoms with Crippen LogP contribution in [0.25, 0.3) is 0 Å². The van der Waals surface area contributed by atoms with E-state index in [0.717, 1.165) is 13.8 Å². The zero-order valence-corrected chi connectivity index (χ0v) is 32.7. The highest BCUT2D eigenvalue weighted by molar-refractivity contribution is 5.87. The molecule has 0 aromatic carbocycles. The van der Waals surface area contributed by atoms with Gasteiger partial charge in [-0.2, -0.15) is 22.0 Å². The molecule has 1 saturated heterocycles. The first-order valence-electron chi connectivity index (χ1n) is 17.9. The number of rotatable bonds is 11. The summed E-state index contributed by atoms with van der Waals surface area (Å²) in [4.78, 5) is 23.2. The van der Waals surface area contributed by atoms with Crippen molar-refractivity contribution in [3.05, 3.63) is 24.3 Å². The summed E-state index contributed by atoms with van der Waals surface area (Å²) < 4.78 is 96.1. The van der Waals surface area contributed by atoms with Gasteiger partial charge in [-0.1, -0.05) is 13.2 Å². The van der Waals surface area contributed by atoms with Crippen molar-refractivity contribution < 1.29 is 65.4 Å². The first-order chi connectivity index (χ1) is 23.2. The molecule has 1 heterocycles. The third-order valence-corrected chi connectivity index (χ3v) is 11.2. The minimum absolute atomic E-state index is 0.00871. The van der Waals surface area contributed by atoms with E-state index in [0.29, 0.717) is 62.5 Å². The van der Waals surface area contributed by atoms with Crippen molar-refractivity contribution in [2.45, 2.75) is 186 Å². The van der Waals surface area contributed by atoms with E-state index in [-0.39, 0.29) is 30.7 Å². The van der Waals surface area contributed by atoms with Crippen LogP contribution in [0.2, 0.25) is 0 Å². The van der Waals surface area contributed by atoms with E-state index in [4.69, 9.17) is 23.7 Å².